The Kier molecular flexibility index (Phi) is 4.15. The van der Waals surface area contributed by atoms with Gasteiger partial charge in [0, 0.05) is 11.7 Å². The third-order valence-corrected chi connectivity index (χ3v) is 5.25. The molecule has 4 rings (SSSR count). The smallest absolute Gasteiger partial charge is 0.231 e. The van der Waals surface area contributed by atoms with Gasteiger partial charge in [-0.15, -0.1) is 0 Å². The number of fused-ring (bicyclic) bond motifs is 1. The van der Waals surface area contributed by atoms with Crippen LogP contribution in [-0.2, 0) is 16.0 Å². The minimum absolute atomic E-state index is 0.0580. The molecule has 2 amide bonds. The first kappa shape index (κ1) is 16.6. The summed E-state index contributed by atoms with van der Waals surface area (Å²) in [5.74, 6) is 0.0489. The molecule has 0 spiro atoms. The number of nitrogens with zero attached hydrogens (tertiary/aromatic N) is 1. The Morgan fingerprint density at radius 2 is 1.81 bits per heavy atom. The van der Waals surface area contributed by atoms with E-state index in [-0.39, 0.29) is 29.7 Å². The Hall–Kier alpha value is -2.82. The summed E-state index contributed by atoms with van der Waals surface area (Å²) in [6, 6.07) is 15.4. The second-order valence-electron chi connectivity index (χ2n) is 7.03. The van der Waals surface area contributed by atoms with Crippen molar-refractivity contribution in [3.05, 3.63) is 54.1 Å². The van der Waals surface area contributed by atoms with Crippen molar-refractivity contribution in [2.45, 2.75) is 25.8 Å². The molecule has 1 aliphatic carbocycles. The van der Waals surface area contributed by atoms with E-state index >= 15 is 0 Å². The molecule has 5 heteroatoms. The van der Waals surface area contributed by atoms with Crippen molar-refractivity contribution in [1.82, 2.24) is 0 Å². The number of nitrogens with one attached hydrogen (secondary N) is 1. The second-order valence-corrected chi connectivity index (χ2v) is 7.03. The monoisotopic (exact) mass is 350 g/mol. The quantitative estimate of drug-likeness (QED) is 0.921. The Morgan fingerprint density at radius 1 is 1.08 bits per heavy atom. The average Bonchev–Trinajstić information content (AvgIpc) is 3.38. The van der Waals surface area contributed by atoms with Gasteiger partial charge in [-0.2, -0.15) is 0 Å². The summed E-state index contributed by atoms with van der Waals surface area (Å²) < 4.78 is 5.27. The summed E-state index contributed by atoms with van der Waals surface area (Å²) in [6.07, 6.45) is 1.47. The van der Waals surface area contributed by atoms with Crippen molar-refractivity contribution in [1.29, 1.82) is 0 Å². The zero-order valence-electron chi connectivity index (χ0n) is 14.9. The van der Waals surface area contributed by atoms with E-state index in [9.17, 15) is 9.59 Å². The summed E-state index contributed by atoms with van der Waals surface area (Å²) in [6.45, 7) is 2.06. The fourth-order valence-electron chi connectivity index (χ4n) is 3.81. The molecule has 134 valence electrons. The zero-order chi connectivity index (χ0) is 18.3. The first-order valence-electron chi connectivity index (χ1n) is 8.95. The first-order chi connectivity index (χ1) is 12.6. The van der Waals surface area contributed by atoms with Crippen LogP contribution in [0, 0.1) is 11.8 Å². The molecule has 0 saturated heterocycles. The van der Waals surface area contributed by atoms with Gasteiger partial charge in [-0.25, -0.2) is 0 Å². The molecule has 1 aliphatic heterocycles. The van der Waals surface area contributed by atoms with E-state index in [0.717, 1.165) is 12.1 Å². The Balaban J connectivity index is 1.45. The van der Waals surface area contributed by atoms with Gasteiger partial charge in [-0.3, -0.25) is 9.59 Å². The molecule has 2 aliphatic rings. The summed E-state index contributed by atoms with van der Waals surface area (Å²) in [5, 5.41) is 2.89. The number of hydrogen-bond donors (Lipinski definition) is 1. The number of benzene rings is 2. The third kappa shape index (κ3) is 2.83. The van der Waals surface area contributed by atoms with E-state index in [1.165, 1.54) is 5.56 Å². The molecule has 5 nitrogen and oxygen atoms in total. The highest BCUT2D eigenvalue weighted by molar-refractivity contribution is 6.05. The molecule has 3 unspecified atom stereocenters. The van der Waals surface area contributed by atoms with Crippen molar-refractivity contribution in [3.63, 3.8) is 0 Å². The van der Waals surface area contributed by atoms with Gasteiger partial charge in [0.05, 0.1) is 24.6 Å². The van der Waals surface area contributed by atoms with E-state index in [1.807, 2.05) is 35.2 Å². The molecule has 0 bridgehead atoms. The van der Waals surface area contributed by atoms with Crippen LogP contribution < -0.4 is 15.0 Å². The molecule has 26 heavy (non-hydrogen) atoms. The van der Waals surface area contributed by atoms with Crippen LogP contribution in [0.1, 0.15) is 18.9 Å². The summed E-state index contributed by atoms with van der Waals surface area (Å²) >= 11 is 0. The number of para-hydroxylation sites is 3. The van der Waals surface area contributed by atoms with E-state index in [0.29, 0.717) is 17.9 Å². The number of rotatable bonds is 4. The predicted molar refractivity (Wildman–Crippen MR) is 100 cm³/mol. The molecule has 2 aromatic carbocycles. The lowest BCUT2D eigenvalue weighted by Crippen LogP contribution is -2.37. The van der Waals surface area contributed by atoms with Crippen LogP contribution in [0.4, 0.5) is 11.4 Å². The normalized spacial score (nSPS) is 23.3. The van der Waals surface area contributed by atoms with Crippen LogP contribution in [0.25, 0.3) is 0 Å². The SMILES string of the molecule is COc1ccccc1NC(=O)C1CC1C(=O)N1c2ccccc2CC1C. The molecule has 2 aromatic rings. The van der Waals surface area contributed by atoms with Crippen molar-refractivity contribution < 1.29 is 14.3 Å². The molecule has 0 radical (unpaired) electrons. The second kappa shape index (κ2) is 6.48. The minimum Gasteiger partial charge on any atom is -0.495 e. The Morgan fingerprint density at radius 3 is 2.62 bits per heavy atom. The largest absolute Gasteiger partial charge is 0.495 e. The Labute approximate surface area is 153 Å². The number of ether oxygens (including phenoxy) is 1. The minimum atomic E-state index is -0.271. The van der Waals surface area contributed by atoms with Gasteiger partial charge in [0.2, 0.25) is 11.8 Å². The van der Waals surface area contributed by atoms with E-state index in [2.05, 4.69) is 18.3 Å². The van der Waals surface area contributed by atoms with E-state index in [1.54, 1.807) is 19.2 Å². The predicted octanol–water partition coefficient (Wildman–Crippen LogP) is 3.25. The summed E-state index contributed by atoms with van der Waals surface area (Å²) in [5.41, 5.74) is 2.82. The fourth-order valence-corrected chi connectivity index (χ4v) is 3.81. The third-order valence-electron chi connectivity index (χ3n) is 5.25. The fraction of sp³-hybridized carbons (Fsp3) is 0.333. The topological polar surface area (TPSA) is 58.6 Å². The van der Waals surface area contributed by atoms with Gasteiger partial charge >= 0.3 is 0 Å². The van der Waals surface area contributed by atoms with Crippen LogP contribution in [0.15, 0.2) is 48.5 Å². The lowest BCUT2D eigenvalue weighted by atomic mass is 10.1. The average molecular weight is 350 g/mol. The summed E-state index contributed by atoms with van der Waals surface area (Å²) in [4.78, 5) is 27.4. The van der Waals surface area contributed by atoms with Gasteiger partial charge < -0.3 is 15.0 Å². The summed E-state index contributed by atoms with van der Waals surface area (Å²) in [7, 11) is 1.57. The highest BCUT2D eigenvalue weighted by Crippen LogP contribution is 2.44. The number of carbonyl (C=O) groups is 2. The van der Waals surface area contributed by atoms with Gasteiger partial charge in [0.15, 0.2) is 0 Å². The lowest BCUT2D eigenvalue weighted by molar-refractivity contribution is -0.123. The van der Waals surface area contributed by atoms with Crippen LogP contribution in [-0.4, -0.2) is 25.0 Å². The van der Waals surface area contributed by atoms with Crippen molar-refractivity contribution in [2.24, 2.45) is 11.8 Å². The maximum Gasteiger partial charge on any atom is 0.231 e. The van der Waals surface area contributed by atoms with Gasteiger partial charge in [0.25, 0.3) is 0 Å². The van der Waals surface area contributed by atoms with Crippen molar-refractivity contribution >= 4 is 23.2 Å². The highest BCUT2D eigenvalue weighted by Gasteiger charge is 2.51. The van der Waals surface area contributed by atoms with Crippen LogP contribution in [0.5, 0.6) is 5.75 Å². The molecule has 3 atom stereocenters. The number of carbonyl (C=O) groups excluding carboxylic acids is 2. The number of anilines is 2. The van der Waals surface area contributed by atoms with Gasteiger partial charge in [-0.1, -0.05) is 30.3 Å². The van der Waals surface area contributed by atoms with Crippen molar-refractivity contribution in [3.8, 4) is 5.75 Å². The molecule has 1 N–H and O–H groups in total. The van der Waals surface area contributed by atoms with Crippen LogP contribution >= 0.6 is 0 Å². The highest BCUT2D eigenvalue weighted by atomic mass is 16.5. The van der Waals surface area contributed by atoms with E-state index in [4.69, 9.17) is 4.74 Å². The lowest BCUT2D eigenvalue weighted by Gasteiger charge is -2.23. The molecule has 0 aromatic heterocycles. The number of hydrogen-bond acceptors (Lipinski definition) is 3. The maximum absolute atomic E-state index is 13.0. The zero-order valence-corrected chi connectivity index (χ0v) is 14.9. The molecular weight excluding hydrogens is 328 g/mol. The standard InChI is InChI=1S/C21H22N2O3/c1-13-11-14-7-3-5-9-18(14)23(13)21(25)16-12-15(16)20(24)22-17-8-4-6-10-19(17)26-2/h3-10,13,15-16H,11-12H2,1-2H3,(H,22,24). The molecular formula is C21H22N2O3. The maximum atomic E-state index is 13.0. The van der Waals surface area contributed by atoms with Crippen LogP contribution in [0.3, 0.4) is 0 Å². The van der Waals surface area contributed by atoms with Gasteiger partial charge in [0.1, 0.15) is 5.75 Å². The molecule has 1 fully saturated rings. The number of methoxy groups -OCH3 is 1. The van der Waals surface area contributed by atoms with Crippen molar-refractivity contribution in [2.75, 3.05) is 17.3 Å². The van der Waals surface area contributed by atoms with E-state index < -0.39 is 0 Å². The number of amides is 2. The van der Waals surface area contributed by atoms with Crippen LogP contribution in [0.2, 0.25) is 0 Å². The molecule has 1 heterocycles. The van der Waals surface area contributed by atoms with Gasteiger partial charge in [-0.05, 0) is 43.5 Å². The molecule has 1 saturated carbocycles. The Bertz CT molecular complexity index is 864. The first-order valence-corrected chi connectivity index (χ1v) is 8.95.